The Labute approximate surface area is 99.0 Å². The molecule has 0 saturated carbocycles. The lowest BCUT2D eigenvalue weighted by Crippen LogP contribution is -2.48. The molecule has 1 fully saturated rings. The zero-order valence-electron chi connectivity index (χ0n) is 11.0. The van der Waals surface area contributed by atoms with Crippen LogP contribution in [0.2, 0.25) is 0 Å². The molecule has 1 aliphatic rings. The van der Waals surface area contributed by atoms with Crippen LogP contribution in [0.15, 0.2) is 0 Å². The molecule has 1 N–H and O–H groups in total. The van der Waals surface area contributed by atoms with Gasteiger partial charge >= 0.3 is 0 Å². The number of likely N-dealkylation sites (N-methyl/N-ethyl adjacent to an activating group) is 2. The van der Waals surface area contributed by atoms with E-state index in [4.69, 9.17) is 0 Å². The molecule has 0 bridgehead atoms. The Morgan fingerprint density at radius 3 is 2.56 bits per heavy atom. The smallest absolute Gasteiger partial charge is 0.227 e. The molecule has 0 aliphatic carbocycles. The fraction of sp³-hybridized carbons (Fsp3) is 0.917. The van der Waals surface area contributed by atoms with Crippen molar-refractivity contribution in [2.75, 3.05) is 40.8 Å². The molecule has 0 radical (unpaired) electrons. The van der Waals surface area contributed by atoms with E-state index in [2.05, 4.69) is 17.1 Å². The first kappa shape index (κ1) is 13.5. The maximum absolute atomic E-state index is 12.2. The van der Waals surface area contributed by atoms with E-state index in [0.717, 1.165) is 32.5 Å². The Bertz CT molecular complexity index is 230. The zero-order chi connectivity index (χ0) is 12.1. The van der Waals surface area contributed by atoms with E-state index in [-0.39, 0.29) is 5.92 Å². The van der Waals surface area contributed by atoms with Crippen molar-refractivity contribution in [1.29, 1.82) is 0 Å². The average molecular weight is 227 g/mol. The molecule has 0 aromatic heterocycles. The lowest BCUT2D eigenvalue weighted by atomic mass is 9.91. The van der Waals surface area contributed by atoms with Gasteiger partial charge in [-0.2, -0.15) is 0 Å². The second kappa shape index (κ2) is 6.21. The van der Waals surface area contributed by atoms with E-state index in [1.807, 2.05) is 26.0 Å². The van der Waals surface area contributed by atoms with Gasteiger partial charge in [0.15, 0.2) is 0 Å². The predicted octanol–water partition coefficient (Wildman–Crippen LogP) is 0.395. The Morgan fingerprint density at radius 2 is 2.00 bits per heavy atom. The van der Waals surface area contributed by atoms with Crippen molar-refractivity contribution in [3.05, 3.63) is 0 Å². The summed E-state index contributed by atoms with van der Waals surface area (Å²) >= 11 is 0. The topological polar surface area (TPSA) is 35.6 Å². The molecule has 16 heavy (non-hydrogen) atoms. The highest BCUT2D eigenvalue weighted by atomic mass is 16.2. The van der Waals surface area contributed by atoms with Crippen molar-refractivity contribution < 1.29 is 4.79 Å². The number of nitrogens with one attached hydrogen (secondary N) is 1. The zero-order valence-corrected chi connectivity index (χ0v) is 11.0. The van der Waals surface area contributed by atoms with Gasteiger partial charge in [0.2, 0.25) is 5.91 Å². The third-order valence-corrected chi connectivity index (χ3v) is 3.34. The molecule has 0 aromatic carbocycles. The first-order valence-electron chi connectivity index (χ1n) is 6.15. The third-order valence-electron chi connectivity index (χ3n) is 3.34. The maximum Gasteiger partial charge on any atom is 0.227 e. The minimum Gasteiger partial charge on any atom is -0.344 e. The van der Waals surface area contributed by atoms with Gasteiger partial charge in [0.25, 0.3) is 0 Å². The van der Waals surface area contributed by atoms with Gasteiger partial charge in [-0.05, 0) is 40.4 Å². The van der Waals surface area contributed by atoms with Crippen LogP contribution in [0, 0.1) is 5.92 Å². The standard InChI is InChI=1S/C12H25N3O/c1-10-11(6-5-7-13-10)12(16)15(4)9-8-14(2)3/h10-11,13H,5-9H2,1-4H3. The fourth-order valence-corrected chi connectivity index (χ4v) is 2.12. The highest BCUT2D eigenvalue weighted by Crippen LogP contribution is 2.18. The molecule has 1 amide bonds. The molecule has 1 aliphatic heterocycles. The summed E-state index contributed by atoms with van der Waals surface area (Å²) in [5.74, 6) is 0.461. The molecule has 1 rings (SSSR count). The summed E-state index contributed by atoms with van der Waals surface area (Å²) in [6.45, 7) is 4.90. The number of carbonyl (C=O) groups excluding carboxylic acids is 1. The Hall–Kier alpha value is -0.610. The molecule has 4 nitrogen and oxygen atoms in total. The van der Waals surface area contributed by atoms with Gasteiger partial charge in [0.05, 0.1) is 5.92 Å². The summed E-state index contributed by atoms with van der Waals surface area (Å²) in [5, 5.41) is 3.37. The van der Waals surface area contributed by atoms with Gasteiger partial charge < -0.3 is 15.1 Å². The second-order valence-corrected chi connectivity index (χ2v) is 5.05. The molecule has 4 heteroatoms. The minimum absolute atomic E-state index is 0.168. The van der Waals surface area contributed by atoms with Crippen molar-refractivity contribution >= 4 is 5.91 Å². The van der Waals surface area contributed by atoms with Gasteiger partial charge in [-0.15, -0.1) is 0 Å². The van der Waals surface area contributed by atoms with Crippen LogP contribution < -0.4 is 5.32 Å². The summed E-state index contributed by atoms with van der Waals surface area (Å²) in [7, 11) is 5.97. The number of amides is 1. The van der Waals surface area contributed by atoms with Crippen LogP contribution in [0.4, 0.5) is 0 Å². The van der Waals surface area contributed by atoms with E-state index in [1.165, 1.54) is 0 Å². The number of hydrogen-bond acceptors (Lipinski definition) is 3. The maximum atomic E-state index is 12.2. The fourth-order valence-electron chi connectivity index (χ4n) is 2.12. The lowest BCUT2D eigenvalue weighted by molar-refractivity contribution is -0.136. The van der Waals surface area contributed by atoms with Crippen molar-refractivity contribution in [1.82, 2.24) is 15.1 Å². The van der Waals surface area contributed by atoms with Crippen LogP contribution in [-0.4, -0.2) is 62.5 Å². The van der Waals surface area contributed by atoms with E-state index in [9.17, 15) is 4.79 Å². The number of rotatable bonds is 4. The summed E-state index contributed by atoms with van der Waals surface area (Å²) < 4.78 is 0. The molecule has 2 atom stereocenters. The first-order valence-corrected chi connectivity index (χ1v) is 6.15. The molecule has 1 saturated heterocycles. The predicted molar refractivity (Wildman–Crippen MR) is 66.4 cm³/mol. The largest absolute Gasteiger partial charge is 0.344 e. The van der Waals surface area contributed by atoms with Crippen molar-refractivity contribution in [3.63, 3.8) is 0 Å². The Balaban J connectivity index is 2.42. The summed E-state index contributed by atoms with van der Waals surface area (Å²) in [4.78, 5) is 16.2. The van der Waals surface area contributed by atoms with Crippen LogP contribution >= 0.6 is 0 Å². The van der Waals surface area contributed by atoms with Gasteiger partial charge in [-0.3, -0.25) is 4.79 Å². The van der Waals surface area contributed by atoms with Crippen LogP contribution in [-0.2, 0) is 4.79 Å². The van der Waals surface area contributed by atoms with Crippen molar-refractivity contribution in [2.45, 2.75) is 25.8 Å². The number of carbonyl (C=O) groups is 1. The highest BCUT2D eigenvalue weighted by molar-refractivity contribution is 5.79. The van der Waals surface area contributed by atoms with Crippen molar-refractivity contribution in [3.8, 4) is 0 Å². The SMILES string of the molecule is CC1NCCCC1C(=O)N(C)CCN(C)C. The van der Waals surface area contributed by atoms with E-state index >= 15 is 0 Å². The summed E-state index contributed by atoms with van der Waals surface area (Å²) in [6, 6.07) is 0.322. The minimum atomic E-state index is 0.168. The average Bonchev–Trinajstić information content (AvgIpc) is 2.25. The molecular weight excluding hydrogens is 202 g/mol. The van der Waals surface area contributed by atoms with Crippen molar-refractivity contribution in [2.24, 2.45) is 5.92 Å². The van der Waals surface area contributed by atoms with E-state index in [0.29, 0.717) is 11.9 Å². The quantitative estimate of drug-likeness (QED) is 0.755. The van der Waals surface area contributed by atoms with Gasteiger partial charge in [-0.1, -0.05) is 0 Å². The molecule has 2 unspecified atom stereocenters. The van der Waals surface area contributed by atoms with Crippen LogP contribution in [0.1, 0.15) is 19.8 Å². The normalized spacial score (nSPS) is 25.8. The number of hydrogen-bond donors (Lipinski definition) is 1. The number of piperidine rings is 1. The Morgan fingerprint density at radius 1 is 1.31 bits per heavy atom. The molecule has 94 valence electrons. The monoisotopic (exact) mass is 227 g/mol. The summed E-state index contributed by atoms with van der Waals surface area (Å²) in [6.07, 6.45) is 2.14. The Kier molecular flexibility index (Phi) is 5.22. The number of nitrogens with zero attached hydrogens (tertiary/aromatic N) is 2. The molecule has 1 heterocycles. The van der Waals surface area contributed by atoms with Gasteiger partial charge in [-0.25, -0.2) is 0 Å². The molecular formula is C12H25N3O. The van der Waals surface area contributed by atoms with Gasteiger partial charge in [0, 0.05) is 26.2 Å². The van der Waals surface area contributed by atoms with Gasteiger partial charge in [0.1, 0.15) is 0 Å². The summed E-state index contributed by atoms with van der Waals surface area (Å²) in [5.41, 5.74) is 0. The third kappa shape index (κ3) is 3.76. The second-order valence-electron chi connectivity index (χ2n) is 5.05. The lowest BCUT2D eigenvalue weighted by Gasteiger charge is -2.32. The van der Waals surface area contributed by atoms with E-state index in [1.54, 1.807) is 0 Å². The van der Waals surface area contributed by atoms with Crippen LogP contribution in [0.3, 0.4) is 0 Å². The molecule has 0 spiro atoms. The molecule has 0 aromatic rings. The van der Waals surface area contributed by atoms with Crippen LogP contribution in [0.5, 0.6) is 0 Å². The van der Waals surface area contributed by atoms with Crippen LogP contribution in [0.25, 0.3) is 0 Å². The van der Waals surface area contributed by atoms with E-state index < -0.39 is 0 Å². The highest BCUT2D eigenvalue weighted by Gasteiger charge is 2.29. The first-order chi connectivity index (χ1) is 7.52.